The number of hydrogen-bond acceptors (Lipinski definition) is 4. The van der Waals surface area contributed by atoms with Gasteiger partial charge in [0.15, 0.2) is 0 Å². The molecular formula is C13H22N2O2. The molecule has 4 nitrogen and oxygen atoms in total. The Hall–Kier alpha value is -0.970. The first kappa shape index (κ1) is 14.1. The van der Waals surface area contributed by atoms with Gasteiger partial charge in [-0.2, -0.15) is 0 Å². The average molecular weight is 238 g/mol. The van der Waals surface area contributed by atoms with E-state index in [2.05, 4.69) is 10.3 Å². The third kappa shape index (κ3) is 7.05. The topological polar surface area (TPSA) is 54.4 Å². The summed E-state index contributed by atoms with van der Waals surface area (Å²) >= 11 is 0. The Kier molecular flexibility index (Phi) is 5.55. The number of nitrogens with one attached hydrogen (secondary N) is 1. The molecular weight excluding hydrogens is 216 g/mol. The van der Waals surface area contributed by atoms with E-state index in [9.17, 15) is 5.11 Å². The van der Waals surface area contributed by atoms with Crippen LogP contribution in [0.2, 0.25) is 0 Å². The Morgan fingerprint density at radius 1 is 1.47 bits per heavy atom. The summed E-state index contributed by atoms with van der Waals surface area (Å²) in [4.78, 5) is 4.02. The fourth-order valence-electron chi connectivity index (χ4n) is 1.29. The molecule has 0 bridgehead atoms. The summed E-state index contributed by atoms with van der Waals surface area (Å²) in [6.07, 6.45) is 3.08. The van der Waals surface area contributed by atoms with E-state index in [0.717, 1.165) is 5.56 Å². The number of nitrogens with zero attached hydrogens (tertiary/aromatic N) is 1. The van der Waals surface area contributed by atoms with Gasteiger partial charge in [0.1, 0.15) is 0 Å². The van der Waals surface area contributed by atoms with Crippen molar-refractivity contribution < 1.29 is 9.84 Å². The van der Waals surface area contributed by atoms with Gasteiger partial charge in [-0.15, -0.1) is 0 Å². The van der Waals surface area contributed by atoms with Crippen LogP contribution in [-0.4, -0.2) is 34.9 Å². The van der Waals surface area contributed by atoms with E-state index in [1.54, 1.807) is 6.20 Å². The van der Waals surface area contributed by atoms with Crippen molar-refractivity contribution in [3.63, 3.8) is 0 Å². The number of ether oxygens (including phenoxy) is 1. The quantitative estimate of drug-likeness (QED) is 0.785. The minimum atomic E-state index is -0.481. The van der Waals surface area contributed by atoms with E-state index >= 15 is 0 Å². The van der Waals surface area contributed by atoms with Crippen molar-refractivity contribution in [1.82, 2.24) is 10.3 Å². The monoisotopic (exact) mass is 238 g/mol. The second-order valence-electron chi connectivity index (χ2n) is 5.07. The first-order chi connectivity index (χ1) is 7.97. The second-order valence-corrected chi connectivity index (χ2v) is 5.07. The van der Waals surface area contributed by atoms with E-state index in [1.165, 1.54) is 0 Å². The summed E-state index contributed by atoms with van der Waals surface area (Å²) in [6, 6.07) is 3.90. The summed E-state index contributed by atoms with van der Waals surface area (Å²) in [5.41, 5.74) is 0.904. The molecule has 4 heteroatoms. The predicted molar refractivity (Wildman–Crippen MR) is 67.7 cm³/mol. The zero-order valence-corrected chi connectivity index (χ0v) is 10.8. The highest BCUT2D eigenvalue weighted by Gasteiger charge is 2.13. The molecule has 0 saturated heterocycles. The van der Waals surface area contributed by atoms with E-state index in [4.69, 9.17) is 4.74 Å². The number of aliphatic hydroxyl groups is 1. The molecule has 0 radical (unpaired) electrons. The zero-order valence-electron chi connectivity index (χ0n) is 10.8. The molecule has 17 heavy (non-hydrogen) atoms. The number of aliphatic hydroxyl groups excluding tert-OH is 1. The first-order valence-electron chi connectivity index (χ1n) is 5.89. The average Bonchev–Trinajstić information content (AvgIpc) is 2.27. The Bertz CT molecular complexity index is 309. The van der Waals surface area contributed by atoms with Crippen molar-refractivity contribution in [2.24, 2.45) is 0 Å². The molecule has 0 saturated carbocycles. The van der Waals surface area contributed by atoms with Crippen LogP contribution in [0.25, 0.3) is 0 Å². The number of hydrogen-bond donors (Lipinski definition) is 2. The molecule has 0 aliphatic carbocycles. The van der Waals surface area contributed by atoms with E-state index < -0.39 is 6.10 Å². The van der Waals surface area contributed by atoms with Crippen LogP contribution in [0.5, 0.6) is 0 Å². The van der Waals surface area contributed by atoms with Gasteiger partial charge in [0.05, 0.1) is 18.3 Å². The lowest BCUT2D eigenvalue weighted by molar-refractivity contribution is -0.0479. The standard InChI is InChI=1S/C13H22N2O2/c1-13(2,3)17-10-12(16)9-15-8-11-5-4-6-14-7-11/h4-7,12,15-16H,8-10H2,1-3H3. The van der Waals surface area contributed by atoms with Gasteiger partial charge in [0.2, 0.25) is 0 Å². The fourth-order valence-corrected chi connectivity index (χ4v) is 1.29. The molecule has 0 fully saturated rings. The Balaban J connectivity index is 2.14. The van der Waals surface area contributed by atoms with Crippen LogP contribution in [0.3, 0.4) is 0 Å². The molecule has 0 aliphatic heterocycles. The van der Waals surface area contributed by atoms with Crippen LogP contribution in [-0.2, 0) is 11.3 Å². The minimum Gasteiger partial charge on any atom is -0.389 e. The smallest absolute Gasteiger partial charge is 0.0898 e. The lowest BCUT2D eigenvalue weighted by Crippen LogP contribution is -2.33. The molecule has 1 heterocycles. The summed E-state index contributed by atoms with van der Waals surface area (Å²) in [7, 11) is 0. The van der Waals surface area contributed by atoms with E-state index in [1.807, 2.05) is 39.1 Å². The van der Waals surface area contributed by atoms with Crippen LogP contribution >= 0.6 is 0 Å². The molecule has 0 amide bonds. The lowest BCUT2D eigenvalue weighted by atomic mass is 10.2. The lowest BCUT2D eigenvalue weighted by Gasteiger charge is -2.22. The largest absolute Gasteiger partial charge is 0.389 e. The molecule has 96 valence electrons. The Morgan fingerprint density at radius 2 is 2.24 bits per heavy atom. The van der Waals surface area contributed by atoms with Crippen LogP contribution in [0.4, 0.5) is 0 Å². The van der Waals surface area contributed by atoms with Crippen LogP contribution in [0, 0.1) is 0 Å². The molecule has 1 aromatic heterocycles. The highest BCUT2D eigenvalue weighted by atomic mass is 16.5. The molecule has 0 spiro atoms. The minimum absolute atomic E-state index is 0.204. The van der Waals surface area contributed by atoms with E-state index in [-0.39, 0.29) is 5.60 Å². The number of aromatic nitrogens is 1. The van der Waals surface area contributed by atoms with Gasteiger partial charge >= 0.3 is 0 Å². The maximum Gasteiger partial charge on any atom is 0.0898 e. The second kappa shape index (κ2) is 6.69. The van der Waals surface area contributed by atoms with Crippen LogP contribution in [0.15, 0.2) is 24.5 Å². The van der Waals surface area contributed by atoms with Gasteiger partial charge < -0.3 is 15.2 Å². The Labute approximate surface area is 103 Å². The summed E-state index contributed by atoms with van der Waals surface area (Å²) in [5.74, 6) is 0. The van der Waals surface area contributed by atoms with Gasteiger partial charge in [-0.25, -0.2) is 0 Å². The Morgan fingerprint density at radius 3 is 2.82 bits per heavy atom. The summed E-state index contributed by atoms with van der Waals surface area (Å²) < 4.78 is 5.49. The SMILES string of the molecule is CC(C)(C)OCC(O)CNCc1cccnc1. The summed E-state index contributed by atoms with van der Waals surface area (Å²) in [5, 5.41) is 12.9. The molecule has 1 unspecified atom stereocenters. The molecule has 1 aromatic rings. The van der Waals surface area contributed by atoms with Gasteiger partial charge in [-0.3, -0.25) is 4.98 Å². The van der Waals surface area contributed by atoms with Crippen molar-refractivity contribution in [2.75, 3.05) is 13.2 Å². The highest BCUT2D eigenvalue weighted by molar-refractivity contribution is 5.07. The van der Waals surface area contributed by atoms with Crippen LogP contribution < -0.4 is 5.32 Å². The van der Waals surface area contributed by atoms with E-state index in [0.29, 0.717) is 19.7 Å². The number of pyridine rings is 1. The van der Waals surface area contributed by atoms with Gasteiger partial charge in [-0.05, 0) is 32.4 Å². The zero-order chi connectivity index (χ0) is 12.7. The molecule has 1 rings (SSSR count). The number of rotatable bonds is 6. The molecule has 0 aliphatic rings. The first-order valence-corrected chi connectivity index (χ1v) is 5.89. The maximum absolute atomic E-state index is 9.69. The van der Waals surface area contributed by atoms with Crippen molar-refractivity contribution in [1.29, 1.82) is 0 Å². The predicted octanol–water partition coefficient (Wildman–Crippen LogP) is 1.35. The third-order valence-electron chi connectivity index (χ3n) is 2.14. The van der Waals surface area contributed by atoms with Crippen LogP contribution in [0.1, 0.15) is 26.3 Å². The molecule has 0 aromatic carbocycles. The van der Waals surface area contributed by atoms with Crippen molar-refractivity contribution in [2.45, 2.75) is 39.0 Å². The normalized spacial score (nSPS) is 13.6. The molecule has 2 N–H and O–H groups in total. The highest BCUT2D eigenvalue weighted by Crippen LogP contribution is 2.06. The van der Waals surface area contributed by atoms with Gasteiger partial charge in [-0.1, -0.05) is 6.07 Å². The molecule has 1 atom stereocenters. The fraction of sp³-hybridized carbons (Fsp3) is 0.615. The third-order valence-corrected chi connectivity index (χ3v) is 2.14. The summed E-state index contributed by atoms with van der Waals surface area (Å²) in [6.45, 7) is 7.50. The van der Waals surface area contributed by atoms with Gasteiger partial charge in [0, 0.05) is 25.5 Å². The van der Waals surface area contributed by atoms with Gasteiger partial charge in [0.25, 0.3) is 0 Å². The van der Waals surface area contributed by atoms with Crippen molar-refractivity contribution in [3.8, 4) is 0 Å². The van der Waals surface area contributed by atoms with Crippen molar-refractivity contribution in [3.05, 3.63) is 30.1 Å². The van der Waals surface area contributed by atoms with Crippen molar-refractivity contribution >= 4 is 0 Å². The maximum atomic E-state index is 9.69.